The Hall–Kier alpha value is -5.12. The Balaban J connectivity index is 0.000000470. The number of carbonyl (C=O) groups is 1. The highest BCUT2D eigenvalue weighted by atomic mass is 19.4. The molecule has 2 heterocycles. The molecule has 13 heteroatoms. The van der Waals surface area contributed by atoms with Gasteiger partial charge in [-0.2, -0.15) is 23.4 Å². The number of likely N-dealkylation sites (tertiary alicyclic amines) is 1. The molecule has 0 amide bonds. The Bertz CT molecular complexity index is 1560. The van der Waals surface area contributed by atoms with Crippen molar-refractivity contribution in [2.45, 2.75) is 31.7 Å². The first kappa shape index (κ1) is 27.9. The van der Waals surface area contributed by atoms with Gasteiger partial charge in [0.25, 0.3) is 0 Å². The van der Waals surface area contributed by atoms with E-state index in [0.29, 0.717) is 23.9 Å². The Labute approximate surface area is 225 Å². The van der Waals surface area contributed by atoms with E-state index in [-0.39, 0.29) is 12.0 Å². The second kappa shape index (κ2) is 11.7. The average molecular weight is 553 g/mol. The molecule has 1 fully saturated rings. The minimum Gasteiger partial charge on any atom is -0.489 e. The van der Waals surface area contributed by atoms with Gasteiger partial charge in [-0.3, -0.25) is 5.41 Å². The van der Waals surface area contributed by atoms with Crippen LogP contribution in [0, 0.1) is 16.7 Å². The smallest absolute Gasteiger partial charge is 0.489 e. The third-order valence-corrected chi connectivity index (χ3v) is 6.09. The van der Waals surface area contributed by atoms with Crippen molar-refractivity contribution >= 4 is 22.7 Å². The molecule has 10 nitrogen and oxygen atoms in total. The Morgan fingerprint density at radius 1 is 1.18 bits per heavy atom. The molecular weight excluding hydrogens is 529 g/mol. The molecular formula is C27H23F3N6O4. The molecule has 1 aromatic heterocycles. The first-order valence-electron chi connectivity index (χ1n) is 12.0. The summed E-state index contributed by atoms with van der Waals surface area (Å²) >= 11 is 0. The van der Waals surface area contributed by atoms with Gasteiger partial charge in [0, 0.05) is 12.1 Å². The van der Waals surface area contributed by atoms with Crippen molar-refractivity contribution in [3.63, 3.8) is 0 Å². The number of halogens is 3. The summed E-state index contributed by atoms with van der Waals surface area (Å²) in [5, 5.41) is 30.0. The number of carboxylic acids is 1. The summed E-state index contributed by atoms with van der Waals surface area (Å²) in [7, 11) is 0. The zero-order chi connectivity index (χ0) is 28.9. The molecule has 0 aliphatic carbocycles. The number of nitriles is 1. The van der Waals surface area contributed by atoms with Crippen molar-refractivity contribution in [3.8, 4) is 23.2 Å². The second-order valence-corrected chi connectivity index (χ2v) is 8.82. The van der Waals surface area contributed by atoms with Crippen LogP contribution in [0.25, 0.3) is 22.2 Å². The number of hydrogen-bond donors (Lipinski definition) is 3. The highest BCUT2D eigenvalue weighted by Crippen LogP contribution is 2.32. The summed E-state index contributed by atoms with van der Waals surface area (Å²) in [5.41, 5.74) is 8.17. The van der Waals surface area contributed by atoms with Crippen molar-refractivity contribution in [1.29, 1.82) is 10.7 Å². The summed E-state index contributed by atoms with van der Waals surface area (Å²) in [4.78, 5) is 15.3. The van der Waals surface area contributed by atoms with Gasteiger partial charge in [-0.25, -0.2) is 4.79 Å². The van der Waals surface area contributed by atoms with Crippen molar-refractivity contribution < 1.29 is 32.3 Å². The van der Waals surface area contributed by atoms with E-state index < -0.39 is 12.1 Å². The van der Waals surface area contributed by atoms with Crippen LogP contribution in [0.15, 0.2) is 65.2 Å². The Kier molecular flexibility index (Phi) is 8.18. The SMILES string of the molecule is N#Cc1ccc(COc2ccc3cc(-c4noc([C@@H]5CCCN5C(=N)N)n4)ccc3c2)cc1.O=C(O)C(F)(F)F. The number of ether oxygens (including phenoxy) is 1. The van der Waals surface area contributed by atoms with Gasteiger partial charge in [-0.05, 0) is 59.5 Å². The van der Waals surface area contributed by atoms with Crippen LogP contribution in [0.3, 0.4) is 0 Å². The molecule has 5 rings (SSSR count). The van der Waals surface area contributed by atoms with Gasteiger partial charge in [0.15, 0.2) is 5.96 Å². The molecule has 1 aliphatic heterocycles. The van der Waals surface area contributed by atoms with Gasteiger partial charge in [-0.15, -0.1) is 0 Å². The number of nitrogens with two attached hydrogens (primary N) is 1. The van der Waals surface area contributed by atoms with Crippen LogP contribution in [-0.4, -0.2) is 44.8 Å². The lowest BCUT2D eigenvalue weighted by molar-refractivity contribution is -0.192. The number of rotatable bonds is 5. The van der Waals surface area contributed by atoms with E-state index in [1.54, 1.807) is 17.0 Å². The fourth-order valence-electron chi connectivity index (χ4n) is 4.09. The Morgan fingerprint density at radius 3 is 2.50 bits per heavy atom. The van der Waals surface area contributed by atoms with E-state index in [1.165, 1.54) is 0 Å². The van der Waals surface area contributed by atoms with Crippen LogP contribution >= 0.6 is 0 Å². The van der Waals surface area contributed by atoms with Gasteiger partial charge in [0.1, 0.15) is 18.4 Å². The molecule has 4 aromatic rings. The van der Waals surface area contributed by atoms with E-state index in [9.17, 15) is 13.2 Å². The quantitative estimate of drug-likeness (QED) is 0.228. The molecule has 1 aliphatic rings. The monoisotopic (exact) mass is 552 g/mol. The molecule has 0 bridgehead atoms. The van der Waals surface area contributed by atoms with Crippen LogP contribution in [-0.2, 0) is 11.4 Å². The number of alkyl halides is 3. The molecule has 0 radical (unpaired) electrons. The number of hydrogen-bond acceptors (Lipinski definition) is 7. The number of aliphatic carboxylic acids is 1. The van der Waals surface area contributed by atoms with Crippen molar-refractivity contribution in [3.05, 3.63) is 77.7 Å². The fourth-order valence-corrected chi connectivity index (χ4v) is 4.09. The fraction of sp³-hybridized carbons (Fsp3) is 0.222. The minimum atomic E-state index is -5.08. The van der Waals surface area contributed by atoms with Crippen LogP contribution in [0.5, 0.6) is 5.75 Å². The minimum absolute atomic E-state index is 0.0279. The average Bonchev–Trinajstić information content (AvgIpc) is 3.62. The predicted molar refractivity (Wildman–Crippen MR) is 137 cm³/mol. The number of benzene rings is 3. The van der Waals surface area contributed by atoms with Crippen LogP contribution in [0.4, 0.5) is 13.2 Å². The van der Waals surface area contributed by atoms with Gasteiger partial charge < -0.3 is 25.0 Å². The van der Waals surface area contributed by atoms with E-state index in [4.69, 9.17) is 35.6 Å². The maximum Gasteiger partial charge on any atom is 0.490 e. The van der Waals surface area contributed by atoms with Gasteiger partial charge in [0.2, 0.25) is 11.7 Å². The second-order valence-electron chi connectivity index (χ2n) is 8.82. The molecule has 40 heavy (non-hydrogen) atoms. The lowest BCUT2D eigenvalue weighted by atomic mass is 10.1. The summed E-state index contributed by atoms with van der Waals surface area (Å²) in [6, 6.07) is 21.2. The van der Waals surface area contributed by atoms with Crippen LogP contribution in [0.1, 0.15) is 35.9 Å². The summed E-state index contributed by atoms with van der Waals surface area (Å²) in [5.74, 6) is -0.951. The highest BCUT2D eigenvalue weighted by Gasteiger charge is 2.38. The number of carboxylic acid groups (broad SMARTS) is 1. The largest absolute Gasteiger partial charge is 0.490 e. The van der Waals surface area contributed by atoms with Crippen LogP contribution in [0.2, 0.25) is 0 Å². The maximum atomic E-state index is 10.6. The number of nitrogens with zero attached hydrogens (tertiary/aromatic N) is 4. The summed E-state index contributed by atoms with van der Waals surface area (Å²) in [6.45, 7) is 1.16. The van der Waals surface area contributed by atoms with Gasteiger partial charge >= 0.3 is 12.1 Å². The number of fused-ring (bicyclic) bond motifs is 1. The Morgan fingerprint density at radius 2 is 1.85 bits per heavy atom. The molecule has 1 saturated heterocycles. The maximum absolute atomic E-state index is 10.6. The molecule has 1 atom stereocenters. The zero-order valence-corrected chi connectivity index (χ0v) is 20.9. The van der Waals surface area contributed by atoms with Crippen molar-refractivity contribution in [2.24, 2.45) is 5.73 Å². The van der Waals surface area contributed by atoms with Crippen molar-refractivity contribution in [1.82, 2.24) is 15.0 Å². The van der Waals surface area contributed by atoms with Crippen molar-refractivity contribution in [2.75, 3.05) is 6.54 Å². The normalized spacial score (nSPS) is 14.8. The van der Waals surface area contributed by atoms with E-state index >= 15 is 0 Å². The van der Waals surface area contributed by atoms with E-state index in [2.05, 4.69) is 16.2 Å². The highest BCUT2D eigenvalue weighted by molar-refractivity contribution is 5.87. The lowest BCUT2D eigenvalue weighted by Gasteiger charge is -2.21. The topological polar surface area (TPSA) is 162 Å². The zero-order valence-electron chi connectivity index (χ0n) is 20.9. The predicted octanol–water partition coefficient (Wildman–Crippen LogP) is 5.00. The number of aromatic nitrogens is 2. The lowest BCUT2D eigenvalue weighted by Crippen LogP contribution is -2.35. The number of nitrogens with one attached hydrogen (secondary N) is 1. The summed E-state index contributed by atoms with van der Waals surface area (Å²) in [6.07, 6.45) is -3.31. The van der Waals surface area contributed by atoms with Gasteiger partial charge in [-0.1, -0.05) is 35.5 Å². The van der Waals surface area contributed by atoms with Crippen LogP contribution < -0.4 is 10.5 Å². The summed E-state index contributed by atoms with van der Waals surface area (Å²) < 4.78 is 43.2. The first-order valence-corrected chi connectivity index (χ1v) is 12.0. The third-order valence-electron chi connectivity index (χ3n) is 6.09. The first-order chi connectivity index (χ1) is 19.0. The molecule has 3 aromatic carbocycles. The standard InChI is InChI=1S/C25H22N6O2.C2HF3O2/c26-14-16-3-5-17(6-4-16)15-32-21-10-9-18-12-20(8-7-19(18)13-21)23-29-24(33-30-23)22-2-1-11-31(22)25(27)28;3-2(4,5)1(6)7/h3-10,12-13,22H,1-2,11,15H2,(H3,27,28);(H,6,7)/t22-;/m0./s1. The van der Waals surface area contributed by atoms with E-state index in [0.717, 1.165) is 47.0 Å². The molecule has 4 N–H and O–H groups in total. The molecule has 0 unspecified atom stereocenters. The molecule has 0 spiro atoms. The molecule has 206 valence electrons. The number of guanidine groups is 1. The molecule has 0 saturated carbocycles. The van der Waals surface area contributed by atoms with E-state index in [1.807, 2.05) is 48.5 Å². The third kappa shape index (κ3) is 6.65. The van der Waals surface area contributed by atoms with Gasteiger partial charge in [0.05, 0.1) is 11.6 Å².